The van der Waals surface area contributed by atoms with Gasteiger partial charge in [-0.2, -0.15) is 0 Å². The minimum Gasteiger partial charge on any atom is -0.481 e. The fourth-order valence-corrected chi connectivity index (χ4v) is 4.72. The van der Waals surface area contributed by atoms with E-state index in [1.807, 2.05) is 50.2 Å². The summed E-state index contributed by atoms with van der Waals surface area (Å²) in [7, 11) is 0. The van der Waals surface area contributed by atoms with E-state index in [2.05, 4.69) is 34.1 Å². The Kier molecular flexibility index (Phi) is 8.42. The van der Waals surface area contributed by atoms with E-state index in [0.717, 1.165) is 26.2 Å². The first kappa shape index (κ1) is 24.0. The Bertz CT molecular complexity index is 800. The zero-order valence-corrected chi connectivity index (χ0v) is 18.9. The molecule has 0 bridgehead atoms. The van der Waals surface area contributed by atoms with Crippen LogP contribution in [0.1, 0.15) is 25.0 Å². The van der Waals surface area contributed by atoms with Gasteiger partial charge in [0.25, 0.3) is 0 Å². The topological polar surface area (TPSA) is 81.1 Å². The molecule has 172 valence electrons. The van der Waals surface area contributed by atoms with Gasteiger partial charge in [-0.3, -0.25) is 19.4 Å². The van der Waals surface area contributed by atoms with Crippen molar-refractivity contribution in [1.29, 1.82) is 0 Å². The van der Waals surface area contributed by atoms with Crippen LogP contribution in [-0.2, 0) is 22.7 Å². The van der Waals surface area contributed by atoms with E-state index in [0.29, 0.717) is 13.1 Å². The highest BCUT2D eigenvalue weighted by Gasteiger charge is 2.35. The van der Waals surface area contributed by atoms with Crippen LogP contribution in [0.2, 0.25) is 0 Å². The maximum Gasteiger partial charge on any atom is 0.308 e. The number of hydrogen-bond donors (Lipinski definition) is 2. The highest BCUT2D eigenvalue weighted by atomic mass is 16.4. The van der Waals surface area contributed by atoms with E-state index >= 15 is 0 Å². The molecule has 0 amide bonds. The summed E-state index contributed by atoms with van der Waals surface area (Å²) in [6.07, 6.45) is 0. The minimum atomic E-state index is -0.664. The van der Waals surface area contributed by atoms with Crippen molar-refractivity contribution in [3.8, 4) is 0 Å². The maximum absolute atomic E-state index is 11.0. The zero-order valence-electron chi connectivity index (χ0n) is 18.9. The molecular weight excluding hydrogens is 404 g/mol. The standard InChI is InChI=1S/2C13H17NO2/c2*1-10-7-14(9-12(10)13(15)16)8-11-5-3-2-4-6-11/h2*2-6,10,12H,7-9H2,1H3,(H,15,16)/t2*10-,12-/m10/s1. The Morgan fingerprint density at radius 3 is 1.31 bits per heavy atom. The molecule has 0 radical (unpaired) electrons. The van der Waals surface area contributed by atoms with Crippen LogP contribution < -0.4 is 0 Å². The van der Waals surface area contributed by atoms with Crippen molar-refractivity contribution in [2.24, 2.45) is 23.7 Å². The lowest BCUT2D eigenvalue weighted by molar-refractivity contribution is -0.143. The van der Waals surface area contributed by atoms with Crippen LogP contribution in [0.4, 0.5) is 0 Å². The van der Waals surface area contributed by atoms with Gasteiger partial charge < -0.3 is 10.2 Å². The first-order valence-electron chi connectivity index (χ1n) is 11.3. The third-order valence-electron chi connectivity index (χ3n) is 6.51. The van der Waals surface area contributed by atoms with Crippen LogP contribution in [-0.4, -0.2) is 58.1 Å². The van der Waals surface area contributed by atoms with E-state index in [1.165, 1.54) is 11.1 Å². The van der Waals surface area contributed by atoms with Crippen LogP contribution in [0, 0.1) is 23.7 Å². The molecule has 0 spiro atoms. The molecule has 2 heterocycles. The second kappa shape index (κ2) is 11.2. The smallest absolute Gasteiger partial charge is 0.308 e. The fourth-order valence-electron chi connectivity index (χ4n) is 4.72. The molecule has 0 aromatic heterocycles. The maximum atomic E-state index is 11.0. The number of nitrogens with zero attached hydrogens (tertiary/aromatic N) is 2. The Morgan fingerprint density at radius 2 is 1.03 bits per heavy atom. The largest absolute Gasteiger partial charge is 0.481 e. The number of hydrogen-bond acceptors (Lipinski definition) is 4. The highest BCUT2D eigenvalue weighted by molar-refractivity contribution is 5.71. The molecular formula is C26H34N2O4. The van der Waals surface area contributed by atoms with Crippen LogP contribution >= 0.6 is 0 Å². The van der Waals surface area contributed by atoms with Crippen molar-refractivity contribution in [1.82, 2.24) is 9.80 Å². The average molecular weight is 439 g/mol. The number of carboxylic acid groups (broad SMARTS) is 2. The molecule has 0 unspecified atom stereocenters. The van der Waals surface area contributed by atoms with E-state index in [4.69, 9.17) is 10.2 Å². The van der Waals surface area contributed by atoms with Gasteiger partial charge in [-0.15, -0.1) is 0 Å². The van der Waals surface area contributed by atoms with Crippen LogP contribution in [0.25, 0.3) is 0 Å². The first-order chi connectivity index (χ1) is 15.3. The molecule has 4 atom stereocenters. The predicted octanol–water partition coefficient (Wildman–Crippen LogP) is 3.68. The Morgan fingerprint density at radius 1 is 0.688 bits per heavy atom. The summed E-state index contributed by atoms with van der Waals surface area (Å²) in [5.41, 5.74) is 2.50. The van der Waals surface area contributed by atoms with Crippen LogP contribution in [0.15, 0.2) is 60.7 Å². The lowest BCUT2D eigenvalue weighted by Gasteiger charge is -2.14. The molecule has 6 heteroatoms. The van der Waals surface area contributed by atoms with Gasteiger partial charge in [0.1, 0.15) is 0 Å². The minimum absolute atomic E-state index is 0.205. The number of benzene rings is 2. The number of likely N-dealkylation sites (tertiary alicyclic amines) is 2. The van der Waals surface area contributed by atoms with Crippen molar-refractivity contribution in [2.75, 3.05) is 26.2 Å². The summed E-state index contributed by atoms with van der Waals surface area (Å²) in [6, 6.07) is 20.4. The summed E-state index contributed by atoms with van der Waals surface area (Å²) in [4.78, 5) is 26.4. The molecule has 2 aliphatic rings. The lowest BCUT2D eigenvalue weighted by Crippen LogP contribution is -2.23. The van der Waals surface area contributed by atoms with Crippen LogP contribution in [0.5, 0.6) is 0 Å². The van der Waals surface area contributed by atoms with Crippen molar-refractivity contribution >= 4 is 11.9 Å². The molecule has 4 rings (SSSR count). The third kappa shape index (κ3) is 6.65. The monoisotopic (exact) mass is 438 g/mol. The second-order valence-electron chi connectivity index (χ2n) is 9.20. The van der Waals surface area contributed by atoms with Gasteiger partial charge in [0.05, 0.1) is 11.8 Å². The van der Waals surface area contributed by atoms with Gasteiger partial charge in [0.15, 0.2) is 0 Å². The van der Waals surface area contributed by atoms with E-state index < -0.39 is 11.9 Å². The SMILES string of the molecule is C[C@@H]1CN(Cc2ccccc2)C[C@H]1C(=O)O.C[C@H]1CN(Cc2ccccc2)C[C@@H]1C(=O)O. The first-order valence-corrected chi connectivity index (χ1v) is 11.3. The van der Waals surface area contributed by atoms with E-state index in [-0.39, 0.29) is 23.7 Å². The molecule has 2 aliphatic heterocycles. The Hall–Kier alpha value is -2.70. The van der Waals surface area contributed by atoms with Gasteiger partial charge in [0.2, 0.25) is 0 Å². The van der Waals surface area contributed by atoms with Gasteiger partial charge in [-0.25, -0.2) is 0 Å². The molecule has 2 aromatic carbocycles. The lowest BCUT2D eigenvalue weighted by atomic mass is 9.99. The van der Waals surface area contributed by atoms with Gasteiger partial charge >= 0.3 is 11.9 Å². The number of rotatable bonds is 6. The number of carbonyl (C=O) groups is 2. The van der Waals surface area contributed by atoms with Crippen molar-refractivity contribution < 1.29 is 19.8 Å². The molecule has 32 heavy (non-hydrogen) atoms. The molecule has 0 saturated carbocycles. The highest BCUT2D eigenvalue weighted by Crippen LogP contribution is 2.25. The second-order valence-corrected chi connectivity index (χ2v) is 9.20. The fraction of sp³-hybridized carbons (Fsp3) is 0.462. The summed E-state index contributed by atoms with van der Waals surface area (Å²) >= 11 is 0. The van der Waals surface area contributed by atoms with Gasteiger partial charge in [0, 0.05) is 39.3 Å². The van der Waals surface area contributed by atoms with Crippen molar-refractivity contribution in [2.45, 2.75) is 26.9 Å². The van der Waals surface area contributed by atoms with Gasteiger partial charge in [-0.05, 0) is 23.0 Å². The number of carboxylic acids is 2. The van der Waals surface area contributed by atoms with Crippen molar-refractivity contribution in [3.63, 3.8) is 0 Å². The normalized spacial score (nSPS) is 25.8. The zero-order chi connectivity index (χ0) is 23.1. The Balaban J connectivity index is 0.000000181. The van der Waals surface area contributed by atoms with Crippen molar-refractivity contribution in [3.05, 3.63) is 71.8 Å². The molecule has 2 N–H and O–H groups in total. The Labute approximate surface area is 190 Å². The molecule has 2 fully saturated rings. The summed E-state index contributed by atoms with van der Waals surface area (Å²) in [5, 5.41) is 18.1. The van der Waals surface area contributed by atoms with Crippen LogP contribution in [0.3, 0.4) is 0 Å². The summed E-state index contributed by atoms with van der Waals surface area (Å²) < 4.78 is 0. The average Bonchev–Trinajstić information content (AvgIpc) is 3.32. The molecule has 6 nitrogen and oxygen atoms in total. The predicted molar refractivity (Wildman–Crippen MR) is 124 cm³/mol. The van der Waals surface area contributed by atoms with E-state index in [9.17, 15) is 9.59 Å². The molecule has 2 aromatic rings. The quantitative estimate of drug-likeness (QED) is 0.716. The molecule has 2 saturated heterocycles. The molecule has 0 aliphatic carbocycles. The third-order valence-corrected chi connectivity index (χ3v) is 6.51. The van der Waals surface area contributed by atoms with Gasteiger partial charge in [-0.1, -0.05) is 74.5 Å². The van der Waals surface area contributed by atoms with E-state index in [1.54, 1.807) is 0 Å². The number of aliphatic carboxylic acids is 2. The summed E-state index contributed by atoms with van der Waals surface area (Å²) in [5.74, 6) is -1.24. The summed E-state index contributed by atoms with van der Waals surface area (Å²) in [6.45, 7) is 8.85.